The molecule has 1 N–H and O–H groups in total. The van der Waals surface area contributed by atoms with Crippen LogP contribution in [0.2, 0.25) is 5.02 Å². The minimum absolute atomic E-state index is 0.163. The molecule has 7 heteroatoms. The molecule has 2 saturated heterocycles. The van der Waals surface area contributed by atoms with Crippen molar-refractivity contribution in [2.75, 3.05) is 40.5 Å². The van der Waals surface area contributed by atoms with Crippen LogP contribution in [0.3, 0.4) is 0 Å². The Kier molecular flexibility index (Phi) is 7.33. The van der Waals surface area contributed by atoms with E-state index in [1.165, 1.54) is 0 Å². The minimum atomic E-state index is -0.446. The maximum absolute atomic E-state index is 13.5. The molecule has 32 heavy (non-hydrogen) atoms. The molecule has 2 aliphatic heterocycles. The van der Waals surface area contributed by atoms with Crippen molar-refractivity contribution in [3.8, 4) is 17.0 Å². The van der Waals surface area contributed by atoms with Gasteiger partial charge in [0.15, 0.2) is 0 Å². The predicted octanol–water partition coefficient (Wildman–Crippen LogP) is 3.96. The number of amides is 1. The maximum atomic E-state index is 13.5. The van der Waals surface area contributed by atoms with E-state index in [1.54, 1.807) is 13.2 Å². The smallest absolute Gasteiger partial charge is 0.226 e. The number of nitrogens with one attached hydrogen (secondary N) is 1. The van der Waals surface area contributed by atoms with Crippen molar-refractivity contribution in [3.63, 3.8) is 0 Å². The first kappa shape index (κ1) is 23.0. The normalized spacial score (nSPS) is 19.5. The van der Waals surface area contributed by atoms with Crippen LogP contribution < -0.4 is 10.1 Å². The molecule has 0 radical (unpaired) electrons. The second kappa shape index (κ2) is 10.2. The molecule has 1 aromatic heterocycles. The minimum Gasteiger partial charge on any atom is -0.496 e. The van der Waals surface area contributed by atoms with E-state index in [0.717, 1.165) is 61.3 Å². The van der Waals surface area contributed by atoms with E-state index in [-0.39, 0.29) is 11.9 Å². The molecule has 0 saturated carbocycles. The SMILES string of the molecule is COc1ccc(Cl)cc1-c1ccc(CC2(C(=O)NC3CCN(C)CC3)CCOCC2)cn1. The Labute approximate surface area is 195 Å². The predicted molar refractivity (Wildman–Crippen MR) is 126 cm³/mol. The summed E-state index contributed by atoms with van der Waals surface area (Å²) in [5.41, 5.74) is 2.26. The second-order valence-corrected chi connectivity index (χ2v) is 9.45. The number of likely N-dealkylation sites (tertiary alicyclic amines) is 1. The first-order valence-electron chi connectivity index (χ1n) is 11.4. The fourth-order valence-corrected chi connectivity index (χ4v) is 4.87. The summed E-state index contributed by atoms with van der Waals surface area (Å²) >= 11 is 6.18. The number of piperidine rings is 1. The first-order chi connectivity index (χ1) is 15.5. The summed E-state index contributed by atoms with van der Waals surface area (Å²) in [5, 5.41) is 3.99. The van der Waals surface area contributed by atoms with Crippen molar-refractivity contribution in [1.82, 2.24) is 15.2 Å². The van der Waals surface area contributed by atoms with Crippen LogP contribution in [0.5, 0.6) is 5.75 Å². The zero-order valence-electron chi connectivity index (χ0n) is 18.9. The van der Waals surface area contributed by atoms with Gasteiger partial charge < -0.3 is 19.7 Å². The number of aromatic nitrogens is 1. The van der Waals surface area contributed by atoms with Gasteiger partial charge in [0.05, 0.1) is 18.2 Å². The van der Waals surface area contributed by atoms with Crippen LogP contribution in [-0.4, -0.2) is 62.3 Å². The summed E-state index contributed by atoms with van der Waals surface area (Å²) < 4.78 is 11.1. The molecule has 2 aliphatic rings. The summed E-state index contributed by atoms with van der Waals surface area (Å²) in [6, 6.07) is 9.80. The van der Waals surface area contributed by atoms with Crippen LogP contribution in [0.1, 0.15) is 31.2 Å². The number of rotatable bonds is 6. The molecule has 0 aliphatic carbocycles. The van der Waals surface area contributed by atoms with Crippen molar-refractivity contribution < 1.29 is 14.3 Å². The highest BCUT2D eigenvalue weighted by Gasteiger charge is 2.41. The Morgan fingerprint density at radius 3 is 2.66 bits per heavy atom. The molecular formula is C25H32ClN3O3. The molecule has 1 amide bonds. The van der Waals surface area contributed by atoms with Gasteiger partial charge >= 0.3 is 0 Å². The Morgan fingerprint density at radius 1 is 1.25 bits per heavy atom. The third-order valence-electron chi connectivity index (χ3n) is 6.79. The highest BCUT2D eigenvalue weighted by Crippen LogP contribution is 2.36. The van der Waals surface area contributed by atoms with Crippen molar-refractivity contribution in [1.29, 1.82) is 0 Å². The topological polar surface area (TPSA) is 63.7 Å². The third kappa shape index (κ3) is 5.25. The van der Waals surface area contributed by atoms with Crippen LogP contribution in [0.15, 0.2) is 36.5 Å². The lowest BCUT2D eigenvalue weighted by atomic mass is 9.74. The summed E-state index contributed by atoms with van der Waals surface area (Å²) in [6.07, 6.45) is 6.01. The van der Waals surface area contributed by atoms with Crippen molar-refractivity contribution in [2.24, 2.45) is 5.41 Å². The fourth-order valence-electron chi connectivity index (χ4n) is 4.70. The number of methoxy groups -OCH3 is 1. The lowest BCUT2D eigenvalue weighted by Crippen LogP contribution is -2.51. The number of carbonyl (C=O) groups is 1. The van der Waals surface area contributed by atoms with Crippen molar-refractivity contribution in [3.05, 3.63) is 47.1 Å². The Bertz CT molecular complexity index is 921. The average Bonchev–Trinajstić information content (AvgIpc) is 2.81. The molecule has 6 nitrogen and oxygen atoms in total. The zero-order chi connectivity index (χ0) is 22.6. The van der Waals surface area contributed by atoms with Gasteiger partial charge in [-0.05, 0) is 82.1 Å². The quantitative estimate of drug-likeness (QED) is 0.711. The average molecular weight is 458 g/mol. The molecule has 0 unspecified atom stereocenters. The number of ether oxygens (including phenoxy) is 2. The molecule has 2 fully saturated rings. The fraction of sp³-hybridized carbons (Fsp3) is 0.520. The Hall–Kier alpha value is -2.15. The van der Waals surface area contributed by atoms with Gasteiger partial charge in [0.1, 0.15) is 5.75 Å². The van der Waals surface area contributed by atoms with Crippen LogP contribution in [0.4, 0.5) is 0 Å². The third-order valence-corrected chi connectivity index (χ3v) is 7.03. The van der Waals surface area contributed by atoms with E-state index in [9.17, 15) is 4.79 Å². The maximum Gasteiger partial charge on any atom is 0.226 e. The largest absolute Gasteiger partial charge is 0.496 e. The van der Waals surface area contributed by atoms with E-state index in [1.807, 2.05) is 24.4 Å². The molecule has 0 bridgehead atoms. The molecule has 0 atom stereocenters. The molecule has 172 valence electrons. The van der Waals surface area contributed by atoms with Crippen LogP contribution in [-0.2, 0) is 16.0 Å². The number of pyridine rings is 1. The molecule has 1 aromatic carbocycles. The van der Waals surface area contributed by atoms with Gasteiger partial charge in [0.2, 0.25) is 5.91 Å². The van der Waals surface area contributed by atoms with Gasteiger partial charge in [-0.15, -0.1) is 0 Å². The lowest BCUT2D eigenvalue weighted by Gasteiger charge is -2.38. The zero-order valence-corrected chi connectivity index (χ0v) is 19.7. The van der Waals surface area contributed by atoms with Crippen molar-refractivity contribution >= 4 is 17.5 Å². The molecule has 2 aromatic rings. The molecule has 4 rings (SSSR count). The van der Waals surface area contributed by atoms with Gasteiger partial charge in [-0.3, -0.25) is 9.78 Å². The van der Waals surface area contributed by atoms with Crippen LogP contribution >= 0.6 is 11.6 Å². The summed E-state index contributed by atoms with van der Waals surface area (Å²) in [6.45, 7) is 3.29. The molecule has 3 heterocycles. The highest BCUT2D eigenvalue weighted by atomic mass is 35.5. The summed E-state index contributed by atoms with van der Waals surface area (Å²) in [5.74, 6) is 0.893. The van der Waals surface area contributed by atoms with Gasteiger partial charge in [0.25, 0.3) is 0 Å². The summed E-state index contributed by atoms with van der Waals surface area (Å²) in [7, 11) is 3.77. The van der Waals surface area contributed by atoms with Crippen LogP contribution in [0.25, 0.3) is 11.3 Å². The highest BCUT2D eigenvalue weighted by molar-refractivity contribution is 6.30. The molecule has 0 spiro atoms. The van der Waals surface area contributed by atoms with Gasteiger partial charge in [-0.25, -0.2) is 0 Å². The first-order valence-corrected chi connectivity index (χ1v) is 11.7. The second-order valence-electron chi connectivity index (χ2n) is 9.02. The monoisotopic (exact) mass is 457 g/mol. The number of nitrogens with zero attached hydrogens (tertiary/aromatic N) is 2. The van der Waals surface area contributed by atoms with E-state index in [4.69, 9.17) is 21.1 Å². The van der Waals surface area contributed by atoms with Gasteiger partial charge in [0, 0.05) is 36.0 Å². The number of carbonyl (C=O) groups excluding carboxylic acids is 1. The van der Waals surface area contributed by atoms with E-state index in [0.29, 0.717) is 24.7 Å². The number of halogens is 1. The Balaban J connectivity index is 1.50. The lowest BCUT2D eigenvalue weighted by molar-refractivity contribution is -0.137. The van der Waals surface area contributed by atoms with Crippen molar-refractivity contribution in [2.45, 2.75) is 38.1 Å². The van der Waals surface area contributed by atoms with E-state index >= 15 is 0 Å². The van der Waals surface area contributed by atoms with Gasteiger partial charge in [-0.1, -0.05) is 17.7 Å². The Morgan fingerprint density at radius 2 is 2.00 bits per heavy atom. The van der Waals surface area contributed by atoms with E-state index in [2.05, 4.69) is 28.3 Å². The number of hydrogen-bond acceptors (Lipinski definition) is 5. The number of benzene rings is 1. The standard InChI is InChI=1S/C25H32ClN3O3/c1-29-11-7-20(8-12-29)28-24(30)25(9-13-32-14-10-25)16-18-3-5-22(27-17-18)21-15-19(26)4-6-23(21)31-2/h3-6,15,17,20H,7-14,16H2,1-2H3,(H,28,30). The van der Waals surface area contributed by atoms with Gasteiger partial charge in [-0.2, -0.15) is 0 Å². The molecular weight excluding hydrogens is 426 g/mol. The summed E-state index contributed by atoms with van der Waals surface area (Å²) in [4.78, 5) is 20.4. The van der Waals surface area contributed by atoms with E-state index < -0.39 is 5.41 Å². The van der Waals surface area contributed by atoms with Crippen LogP contribution in [0, 0.1) is 5.41 Å². The number of hydrogen-bond donors (Lipinski definition) is 1.